The van der Waals surface area contributed by atoms with Gasteiger partial charge in [-0.2, -0.15) is 0 Å². The van der Waals surface area contributed by atoms with E-state index in [0.29, 0.717) is 6.61 Å². The lowest BCUT2D eigenvalue weighted by Crippen LogP contribution is -2.27. The van der Waals surface area contributed by atoms with Crippen LogP contribution in [0.1, 0.15) is 31.0 Å². The van der Waals surface area contributed by atoms with Crippen molar-refractivity contribution in [3.63, 3.8) is 0 Å². The molecule has 0 bridgehead atoms. The number of fused-ring (bicyclic) bond motifs is 1. The molecule has 2 aromatic rings. The van der Waals surface area contributed by atoms with E-state index in [9.17, 15) is 4.79 Å². The Bertz CT molecular complexity index is 676. The Kier molecular flexibility index (Phi) is 3.88. The SMILES string of the molecule is CCc1c(C)nc2ccccc2c1NC(=O)[C@@H]1CCCO1. The maximum Gasteiger partial charge on any atom is 0.253 e. The number of amides is 1. The molecule has 1 fully saturated rings. The molecule has 1 N–H and O–H groups in total. The summed E-state index contributed by atoms with van der Waals surface area (Å²) in [6.07, 6.45) is 2.27. The molecule has 0 saturated carbocycles. The number of ether oxygens (including phenoxy) is 1. The van der Waals surface area contributed by atoms with E-state index in [1.54, 1.807) is 0 Å². The molecule has 4 nitrogen and oxygen atoms in total. The van der Waals surface area contributed by atoms with Crippen LogP contribution in [0.5, 0.6) is 0 Å². The number of pyridine rings is 1. The number of hydrogen-bond acceptors (Lipinski definition) is 3. The van der Waals surface area contributed by atoms with Crippen molar-refractivity contribution in [2.45, 2.75) is 39.2 Å². The first-order valence-corrected chi connectivity index (χ1v) is 7.51. The van der Waals surface area contributed by atoms with Gasteiger partial charge in [0, 0.05) is 17.7 Å². The Morgan fingerprint density at radius 1 is 1.43 bits per heavy atom. The van der Waals surface area contributed by atoms with Crippen LogP contribution in [0.15, 0.2) is 24.3 Å². The first-order chi connectivity index (χ1) is 10.2. The van der Waals surface area contributed by atoms with Gasteiger partial charge in [-0.25, -0.2) is 0 Å². The van der Waals surface area contributed by atoms with Gasteiger partial charge in [0.05, 0.1) is 11.2 Å². The zero-order chi connectivity index (χ0) is 14.8. The van der Waals surface area contributed by atoms with Gasteiger partial charge in [-0.3, -0.25) is 9.78 Å². The summed E-state index contributed by atoms with van der Waals surface area (Å²) in [6, 6.07) is 7.92. The van der Waals surface area contributed by atoms with E-state index < -0.39 is 0 Å². The maximum atomic E-state index is 12.4. The average molecular weight is 284 g/mol. The number of rotatable bonds is 3. The second kappa shape index (κ2) is 5.82. The minimum Gasteiger partial charge on any atom is -0.368 e. The van der Waals surface area contributed by atoms with Crippen LogP contribution in [0.2, 0.25) is 0 Å². The molecule has 1 amide bonds. The number of benzene rings is 1. The van der Waals surface area contributed by atoms with Crippen molar-refractivity contribution in [3.05, 3.63) is 35.5 Å². The van der Waals surface area contributed by atoms with Crippen LogP contribution in [-0.2, 0) is 16.0 Å². The van der Waals surface area contributed by atoms with Crippen LogP contribution < -0.4 is 5.32 Å². The van der Waals surface area contributed by atoms with E-state index in [1.165, 1.54) is 0 Å². The first kappa shape index (κ1) is 14.0. The molecule has 1 aliphatic rings. The van der Waals surface area contributed by atoms with Gasteiger partial charge in [-0.15, -0.1) is 0 Å². The largest absolute Gasteiger partial charge is 0.368 e. The van der Waals surface area contributed by atoms with Gasteiger partial charge in [0.25, 0.3) is 5.91 Å². The highest BCUT2D eigenvalue weighted by Crippen LogP contribution is 2.29. The van der Waals surface area contributed by atoms with Crippen LogP contribution >= 0.6 is 0 Å². The van der Waals surface area contributed by atoms with E-state index in [4.69, 9.17) is 4.74 Å². The fraction of sp³-hybridized carbons (Fsp3) is 0.412. The van der Waals surface area contributed by atoms with Crippen molar-refractivity contribution in [1.29, 1.82) is 0 Å². The van der Waals surface area contributed by atoms with Crippen molar-refractivity contribution in [3.8, 4) is 0 Å². The molecule has 110 valence electrons. The third-order valence-electron chi connectivity index (χ3n) is 4.02. The molecule has 0 unspecified atom stereocenters. The summed E-state index contributed by atoms with van der Waals surface area (Å²) in [5, 5.41) is 4.08. The normalized spacial score (nSPS) is 18.1. The van der Waals surface area contributed by atoms with Crippen LogP contribution in [0.4, 0.5) is 5.69 Å². The highest BCUT2D eigenvalue weighted by Gasteiger charge is 2.25. The smallest absolute Gasteiger partial charge is 0.253 e. The van der Waals surface area contributed by atoms with E-state index >= 15 is 0 Å². The quantitative estimate of drug-likeness (QED) is 0.941. The van der Waals surface area contributed by atoms with Crippen molar-refractivity contribution in [2.75, 3.05) is 11.9 Å². The van der Waals surface area contributed by atoms with Crippen LogP contribution in [0, 0.1) is 6.92 Å². The summed E-state index contributed by atoms with van der Waals surface area (Å²) in [4.78, 5) is 17.0. The van der Waals surface area contributed by atoms with Crippen LogP contribution in [0.3, 0.4) is 0 Å². The number of para-hydroxylation sites is 1. The molecular formula is C17H20N2O2. The number of hydrogen-bond donors (Lipinski definition) is 1. The number of anilines is 1. The minimum atomic E-state index is -0.318. The fourth-order valence-electron chi connectivity index (χ4n) is 2.94. The lowest BCUT2D eigenvalue weighted by molar-refractivity contribution is -0.124. The van der Waals surface area contributed by atoms with Gasteiger partial charge < -0.3 is 10.1 Å². The predicted molar refractivity (Wildman–Crippen MR) is 83.5 cm³/mol. The third-order valence-corrected chi connectivity index (χ3v) is 4.02. The molecule has 21 heavy (non-hydrogen) atoms. The number of aromatic nitrogens is 1. The number of carbonyl (C=O) groups is 1. The summed E-state index contributed by atoms with van der Waals surface area (Å²) in [5.74, 6) is -0.0436. The van der Waals surface area contributed by atoms with Crippen molar-refractivity contribution in [2.24, 2.45) is 0 Å². The summed E-state index contributed by atoms with van der Waals surface area (Å²) >= 11 is 0. The van der Waals surface area contributed by atoms with Crippen LogP contribution in [0.25, 0.3) is 10.9 Å². The summed E-state index contributed by atoms with van der Waals surface area (Å²) in [7, 11) is 0. The monoisotopic (exact) mass is 284 g/mol. The Balaban J connectivity index is 2.04. The minimum absolute atomic E-state index is 0.0436. The average Bonchev–Trinajstić information content (AvgIpc) is 3.01. The molecule has 0 aliphatic carbocycles. The molecule has 1 aromatic carbocycles. The van der Waals surface area contributed by atoms with Crippen LogP contribution in [-0.4, -0.2) is 23.6 Å². The molecule has 1 aromatic heterocycles. The molecule has 3 rings (SSSR count). The Labute approximate surface area is 124 Å². The Morgan fingerprint density at radius 3 is 2.95 bits per heavy atom. The Hall–Kier alpha value is -1.94. The predicted octanol–water partition coefficient (Wildman–Crippen LogP) is 3.22. The van der Waals surface area contributed by atoms with E-state index in [2.05, 4.69) is 17.2 Å². The molecule has 4 heteroatoms. The van der Waals surface area contributed by atoms with E-state index in [0.717, 1.165) is 47.1 Å². The summed E-state index contributed by atoms with van der Waals surface area (Å²) < 4.78 is 5.48. The highest BCUT2D eigenvalue weighted by atomic mass is 16.5. The maximum absolute atomic E-state index is 12.4. The fourth-order valence-corrected chi connectivity index (χ4v) is 2.94. The third kappa shape index (κ3) is 2.63. The van der Waals surface area contributed by atoms with Crippen molar-refractivity contribution >= 4 is 22.5 Å². The molecule has 1 saturated heterocycles. The second-order valence-corrected chi connectivity index (χ2v) is 5.41. The zero-order valence-electron chi connectivity index (χ0n) is 12.5. The van der Waals surface area contributed by atoms with Gasteiger partial charge in [0.2, 0.25) is 0 Å². The lowest BCUT2D eigenvalue weighted by atomic mass is 10.0. The van der Waals surface area contributed by atoms with Gasteiger partial charge in [0.15, 0.2) is 0 Å². The molecule has 1 atom stereocenters. The highest BCUT2D eigenvalue weighted by molar-refractivity contribution is 6.04. The van der Waals surface area contributed by atoms with Crippen molar-refractivity contribution in [1.82, 2.24) is 4.98 Å². The zero-order valence-corrected chi connectivity index (χ0v) is 12.5. The molecule has 2 heterocycles. The molecular weight excluding hydrogens is 264 g/mol. The molecule has 1 aliphatic heterocycles. The van der Waals surface area contributed by atoms with Gasteiger partial charge in [0.1, 0.15) is 6.10 Å². The number of aryl methyl sites for hydroxylation is 1. The van der Waals surface area contributed by atoms with E-state index in [1.807, 2.05) is 31.2 Å². The summed E-state index contributed by atoms with van der Waals surface area (Å²) in [5.41, 5.74) is 3.87. The van der Waals surface area contributed by atoms with Crippen molar-refractivity contribution < 1.29 is 9.53 Å². The lowest BCUT2D eigenvalue weighted by Gasteiger charge is -2.17. The Morgan fingerprint density at radius 2 is 2.24 bits per heavy atom. The van der Waals surface area contributed by atoms with Gasteiger partial charge in [-0.1, -0.05) is 25.1 Å². The molecule has 0 spiro atoms. The first-order valence-electron chi connectivity index (χ1n) is 7.51. The molecule has 0 radical (unpaired) electrons. The topological polar surface area (TPSA) is 51.2 Å². The number of nitrogens with one attached hydrogen (secondary N) is 1. The van der Waals surface area contributed by atoms with Gasteiger partial charge >= 0.3 is 0 Å². The number of carbonyl (C=O) groups excluding carboxylic acids is 1. The second-order valence-electron chi connectivity index (χ2n) is 5.41. The van der Waals surface area contributed by atoms with E-state index in [-0.39, 0.29) is 12.0 Å². The van der Waals surface area contributed by atoms with Gasteiger partial charge in [-0.05, 0) is 37.8 Å². The summed E-state index contributed by atoms with van der Waals surface area (Å²) in [6.45, 7) is 4.75. The number of nitrogens with zero attached hydrogens (tertiary/aromatic N) is 1. The standard InChI is InChI=1S/C17H20N2O2/c1-3-12-11(2)18-14-8-5-4-7-13(14)16(12)19-17(20)15-9-6-10-21-15/h4-5,7-8,15H,3,6,9-10H2,1-2H3,(H,18,19,20)/t15-/m0/s1.